The number of nitrogens with zero attached hydrogens (tertiary/aromatic N) is 1. The summed E-state index contributed by atoms with van der Waals surface area (Å²) in [7, 11) is 0. The van der Waals surface area contributed by atoms with Gasteiger partial charge in [-0.3, -0.25) is 4.79 Å². The van der Waals surface area contributed by atoms with Gasteiger partial charge in [0.1, 0.15) is 5.75 Å². The van der Waals surface area contributed by atoms with E-state index in [1.165, 1.54) is 18.7 Å². The van der Waals surface area contributed by atoms with E-state index >= 15 is 0 Å². The van der Waals surface area contributed by atoms with E-state index in [0.717, 1.165) is 10.0 Å². The molecule has 1 amide bonds. The lowest BCUT2D eigenvalue weighted by atomic mass is 10.2. The third-order valence-corrected chi connectivity index (χ3v) is 5.33. The predicted molar refractivity (Wildman–Crippen MR) is 114 cm³/mol. The van der Waals surface area contributed by atoms with Crippen LogP contribution in [0.5, 0.6) is 5.75 Å². The van der Waals surface area contributed by atoms with Gasteiger partial charge < -0.3 is 15.2 Å². The summed E-state index contributed by atoms with van der Waals surface area (Å²) >= 11 is 10.7. The number of halogens is 2. The molecule has 1 unspecified atom stereocenters. The number of amidine groups is 1. The molecule has 0 aliphatic carbocycles. The minimum atomic E-state index is -1.04. The van der Waals surface area contributed by atoms with Crippen LogP contribution < -0.4 is 10.1 Å². The number of carboxylic acids is 1. The van der Waals surface area contributed by atoms with Crippen LogP contribution in [-0.2, 0) is 9.59 Å². The predicted octanol–water partition coefficient (Wildman–Crippen LogP) is 4.85. The SMILES string of the molecule is CC(Oc1ccc(/C=C2\SC(=Nc3ccc(Br)cc3Cl)NC2=O)cc1)C(=O)O. The summed E-state index contributed by atoms with van der Waals surface area (Å²) in [4.78, 5) is 27.9. The van der Waals surface area contributed by atoms with Crippen LogP contribution in [0.4, 0.5) is 5.69 Å². The largest absolute Gasteiger partial charge is 0.479 e. The Hall–Kier alpha value is -2.29. The zero-order valence-corrected chi connectivity index (χ0v) is 17.6. The summed E-state index contributed by atoms with van der Waals surface area (Å²) in [6.07, 6.45) is 0.778. The van der Waals surface area contributed by atoms with Gasteiger partial charge in [-0.05, 0) is 60.7 Å². The molecular formula is C19H14BrClN2O4S. The summed E-state index contributed by atoms with van der Waals surface area (Å²) in [6.45, 7) is 1.45. The molecule has 1 heterocycles. The zero-order valence-electron chi connectivity index (χ0n) is 14.5. The van der Waals surface area contributed by atoms with Crippen molar-refractivity contribution in [2.75, 3.05) is 0 Å². The van der Waals surface area contributed by atoms with Crippen molar-refractivity contribution in [1.82, 2.24) is 5.32 Å². The molecule has 0 radical (unpaired) electrons. The number of hydrogen-bond acceptors (Lipinski definition) is 5. The first-order chi connectivity index (χ1) is 13.3. The zero-order chi connectivity index (χ0) is 20.3. The van der Waals surface area contributed by atoms with Gasteiger partial charge in [-0.2, -0.15) is 0 Å². The van der Waals surface area contributed by atoms with Gasteiger partial charge in [-0.1, -0.05) is 39.7 Å². The second-order valence-corrected chi connectivity index (χ2v) is 8.10. The topological polar surface area (TPSA) is 88.0 Å². The lowest BCUT2D eigenvalue weighted by Gasteiger charge is -2.10. The fourth-order valence-electron chi connectivity index (χ4n) is 2.21. The molecule has 2 aromatic rings. The van der Waals surface area contributed by atoms with Gasteiger partial charge in [-0.15, -0.1) is 0 Å². The number of hydrogen-bond donors (Lipinski definition) is 2. The highest BCUT2D eigenvalue weighted by molar-refractivity contribution is 9.10. The third-order valence-electron chi connectivity index (χ3n) is 3.62. The molecule has 0 spiro atoms. The highest BCUT2D eigenvalue weighted by Crippen LogP contribution is 2.32. The van der Waals surface area contributed by atoms with Gasteiger partial charge in [-0.25, -0.2) is 9.79 Å². The summed E-state index contributed by atoms with van der Waals surface area (Å²) < 4.78 is 6.13. The van der Waals surface area contributed by atoms with Crippen molar-refractivity contribution in [3.63, 3.8) is 0 Å². The Morgan fingerprint density at radius 3 is 2.68 bits per heavy atom. The molecule has 6 nitrogen and oxygen atoms in total. The number of rotatable bonds is 5. The Labute approximate surface area is 178 Å². The number of aliphatic carboxylic acids is 1. The number of ether oxygens (including phenoxy) is 1. The average molecular weight is 482 g/mol. The third kappa shape index (κ3) is 5.15. The van der Waals surface area contributed by atoms with Gasteiger partial charge >= 0.3 is 5.97 Å². The Morgan fingerprint density at radius 1 is 1.32 bits per heavy atom. The highest BCUT2D eigenvalue weighted by atomic mass is 79.9. The van der Waals surface area contributed by atoms with E-state index in [4.69, 9.17) is 21.4 Å². The number of nitrogens with one attached hydrogen (secondary N) is 1. The number of aliphatic imine (C=N–C) groups is 1. The smallest absolute Gasteiger partial charge is 0.344 e. The summed E-state index contributed by atoms with van der Waals surface area (Å²) in [5, 5.41) is 12.5. The maximum atomic E-state index is 12.2. The van der Waals surface area contributed by atoms with Crippen LogP contribution in [0, 0.1) is 0 Å². The fourth-order valence-corrected chi connectivity index (χ4v) is 3.76. The Morgan fingerprint density at radius 2 is 2.04 bits per heavy atom. The van der Waals surface area contributed by atoms with Crippen molar-refractivity contribution < 1.29 is 19.4 Å². The molecule has 1 atom stereocenters. The van der Waals surface area contributed by atoms with E-state index in [1.807, 2.05) is 6.07 Å². The van der Waals surface area contributed by atoms with Crippen molar-refractivity contribution in [3.05, 3.63) is 62.4 Å². The van der Waals surface area contributed by atoms with Gasteiger partial charge in [0.25, 0.3) is 5.91 Å². The van der Waals surface area contributed by atoms with Gasteiger partial charge in [0.15, 0.2) is 11.3 Å². The quantitative estimate of drug-likeness (QED) is 0.596. The molecule has 2 aromatic carbocycles. The standard InChI is InChI=1S/C19H14BrClN2O4S/c1-10(18(25)26)27-13-5-2-11(3-6-13)8-16-17(24)23-19(28-16)22-15-7-4-12(20)9-14(15)21/h2-10H,1H3,(H,25,26)(H,22,23,24)/b16-8-. The first kappa shape index (κ1) is 20.4. The maximum Gasteiger partial charge on any atom is 0.344 e. The van der Waals surface area contributed by atoms with Crippen molar-refractivity contribution in [3.8, 4) is 5.75 Å². The van der Waals surface area contributed by atoms with Gasteiger partial charge in [0, 0.05) is 4.47 Å². The number of carbonyl (C=O) groups is 2. The van der Waals surface area contributed by atoms with E-state index in [2.05, 4.69) is 26.2 Å². The van der Waals surface area contributed by atoms with Gasteiger partial charge in [0.2, 0.25) is 0 Å². The van der Waals surface area contributed by atoms with E-state index in [-0.39, 0.29) is 5.91 Å². The molecule has 1 aliphatic heterocycles. The number of amides is 1. The van der Waals surface area contributed by atoms with E-state index in [0.29, 0.717) is 26.5 Å². The normalized spacial score (nSPS) is 17.6. The van der Waals surface area contributed by atoms with Crippen LogP contribution in [0.25, 0.3) is 6.08 Å². The molecular weight excluding hydrogens is 468 g/mol. The molecule has 2 N–H and O–H groups in total. The molecule has 1 aliphatic rings. The lowest BCUT2D eigenvalue weighted by Crippen LogP contribution is -2.22. The van der Waals surface area contributed by atoms with Crippen LogP contribution >= 0.6 is 39.3 Å². The summed E-state index contributed by atoms with van der Waals surface area (Å²) in [5.41, 5.74) is 1.33. The van der Waals surface area contributed by atoms with E-state index in [9.17, 15) is 9.59 Å². The second-order valence-electron chi connectivity index (χ2n) is 5.74. The summed E-state index contributed by atoms with van der Waals surface area (Å²) in [5.74, 6) is -0.854. The van der Waals surface area contributed by atoms with Crippen molar-refractivity contribution in [2.24, 2.45) is 4.99 Å². The molecule has 3 rings (SSSR count). The molecule has 1 fully saturated rings. The molecule has 1 saturated heterocycles. The first-order valence-electron chi connectivity index (χ1n) is 8.06. The van der Waals surface area contributed by atoms with Crippen LogP contribution in [-0.4, -0.2) is 28.3 Å². The van der Waals surface area contributed by atoms with E-state index in [1.54, 1.807) is 42.5 Å². The molecule has 0 bridgehead atoms. The number of carboxylic acid groups (broad SMARTS) is 1. The minimum absolute atomic E-state index is 0.253. The lowest BCUT2D eigenvalue weighted by molar-refractivity contribution is -0.144. The average Bonchev–Trinajstić information content (AvgIpc) is 2.98. The van der Waals surface area contributed by atoms with Crippen molar-refractivity contribution in [1.29, 1.82) is 0 Å². The van der Waals surface area contributed by atoms with Crippen LogP contribution in [0.15, 0.2) is 56.8 Å². The number of benzene rings is 2. The molecule has 144 valence electrons. The molecule has 0 saturated carbocycles. The Bertz CT molecular complexity index is 992. The molecule has 9 heteroatoms. The first-order valence-corrected chi connectivity index (χ1v) is 10.0. The molecule has 0 aromatic heterocycles. The minimum Gasteiger partial charge on any atom is -0.479 e. The Balaban J connectivity index is 1.73. The van der Waals surface area contributed by atoms with Crippen LogP contribution in [0.2, 0.25) is 5.02 Å². The second kappa shape index (κ2) is 8.81. The monoisotopic (exact) mass is 480 g/mol. The Kier molecular flexibility index (Phi) is 6.43. The van der Waals surface area contributed by atoms with Crippen LogP contribution in [0.1, 0.15) is 12.5 Å². The van der Waals surface area contributed by atoms with Crippen LogP contribution in [0.3, 0.4) is 0 Å². The van der Waals surface area contributed by atoms with Crippen molar-refractivity contribution in [2.45, 2.75) is 13.0 Å². The van der Waals surface area contributed by atoms with E-state index < -0.39 is 12.1 Å². The highest BCUT2D eigenvalue weighted by Gasteiger charge is 2.24. The summed E-state index contributed by atoms with van der Waals surface area (Å²) in [6, 6.07) is 12.1. The number of thioether (sulfide) groups is 1. The van der Waals surface area contributed by atoms with Gasteiger partial charge in [0.05, 0.1) is 15.6 Å². The van der Waals surface area contributed by atoms with Crippen molar-refractivity contribution >= 4 is 68.1 Å². The maximum absolute atomic E-state index is 12.2. The molecule has 28 heavy (non-hydrogen) atoms. The fraction of sp³-hybridized carbons (Fsp3) is 0.105. The number of carbonyl (C=O) groups excluding carboxylic acids is 1.